The maximum absolute atomic E-state index is 12.5. The van der Waals surface area contributed by atoms with Gasteiger partial charge in [0.2, 0.25) is 0 Å². The Hall–Kier alpha value is -2.79. The van der Waals surface area contributed by atoms with Crippen LogP contribution in [-0.2, 0) is 6.42 Å². The largest absolute Gasteiger partial charge is 0.488 e. The number of aromatic nitrogens is 2. The molecule has 0 unspecified atom stereocenters. The van der Waals surface area contributed by atoms with Gasteiger partial charge in [-0.15, -0.1) is 0 Å². The third-order valence-electron chi connectivity index (χ3n) is 4.63. The number of hydrogen-bond acceptors (Lipinski definition) is 3. The Kier molecular flexibility index (Phi) is 4.40. The quantitative estimate of drug-likeness (QED) is 0.647. The minimum Gasteiger partial charge on any atom is -0.488 e. The molecule has 1 amide bonds. The lowest BCUT2D eigenvalue weighted by Gasteiger charge is -2.32. The SMILES string of the molecule is CC1(C)CCc2cc(NC(=O)n3ccc(-c4ccc(Cl)cc4)n3)ccc2O1. The van der Waals surface area contributed by atoms with Gasteiger partial charge in [0.05, 0.1) is 5.69 Å². The van der Waals surface area contributed by atoms with Crippen LogP contribution in [0.2, 0.25) is 5.02 Å². The number of carbonyl (C=O) groups excluding carboxylic acids is 1. The Balaban J connectivity index is 1.49. The molecule has 0 spiro atoms. The molecule has 5 nitrogen and oxygen atoms in total. The summed E-state index contributed by atoms with van der Waals surface area (Å²) >= 11 is 5.91. The van der Waals surface area contributed by atoms with Crippen molar-refractivity contribution in [3.63, 3.8) is 0 Å². The van der Waals surface area contributed by atoms with Crippen molar-refractivity contribution in [3.8, 4) is 17.0 Å². The third-order valence-corrected chi connectivity index (χ3v) is 4.88. The zero-order valence-electron chi connectivity index (χ0n) is 15.2. The summed E-state index contributed by atoms with van der Waals surface area (Å²) in [4.78, 5) is 12.5. The number of rotatable bonds is 2. The molecule has 4 rings (SSSR count). The Morgan fingerprint density at radius 2 is 1.96 bits per heavy atom. The zero-order valence-corrected chi connectivity index (χ0v) is 16.0. The van der Waals surface area contributed by atoms with Crippen LogP contribution >= 0.6 is 11.6 Å². The van der Waals surface area contributed by atoms with Gasteiger partial charge in [-0.05, 0) is 68.7 Å². The summed E-state index contributed by atoms with van der Waals surface area (Å²) in [5.74, 6) is 0.883. The van der Waals surface area contributed by atoms with Crippen molar-refractivity contribution < 1.29 is 9.53 Å². The number of ether oxygens (including phenoxy) is 1. The Bertz CT molecular complexity index is 993. The number of halogens is 1. The number of anilines is 1. The molecule has 6 heteroatoms. The van der Waals surface area contributed by atoms with Gasteiger partial charge in [0.15, 0.2) is 0 Å². The standard InChI is InChI=1S/C21H20ClN3O2/c1-21(2)11-9-15-13-17(7-8-19(15)27-21)23-20(26)25-12-10-18(24-25)14-3-5-16(22)6-4-14/h3-8,10,12-13H,9,11H2,1-2H3,(H,23,26). The summed E-state index contributed by atoms with van der Waals surface area (Å²) in [6.07, 6.45) is 3.51. The second-order valence-electron chi connectivity index (χ2n) is 7.27. The highest BCUT2D eigenvalue weighted by Crippen LogP contribution is 2.34. The highest BCUT2D eigenvalue weighted by molar-refractivity contribution is 6.30. The molecule has 2 aromatic carbocycles. The molecule has 3 aromatic rings. The van der Waals surface area contributed by atoms with Crippen LogP contribution in [0.1, 0.15) is 25.8 Å². The van der Waals surface area contributed by atoms with Gasteiger partial charge in [-0.1, -0.05) is 23.7 Å². The van der Waals surface area contributed by atoms with Crippen LogP contribution in [-0.4, -0.2) is 21.4 Å². The van der Waals surface area contributed by atoms with Crippen molar-refractivity contribution in [1.82, 2.24) is 9.78 Å². The molecule has 27 heavy (non-hydrogen) atoms. The first-order valence-electron chi connectivity index (χ1n) is 8.85. The van der Waals surface area contributed by atoms with Crippen LogP contribution in [0.25, 0.3) is 11.3 Å². The van der Waals surface area contributed by atoms with Crippen LogP contribution < -0.4 is 10.1 Å². The van der Waals surface area contributed by atoms with E-state index in [0.717, 1.165) is 35.4 Å². The fraction of sp³-hybridized carbons (Fsp3) is 0.238. The normalized spacial score (nSPS) is 14.9. The first-order valence-corrected chi connectivity index (χ1v) is 9.22. The van der Waals surface area contributed by atoms with Crippen molar-refractivity contribution in [2.75, 3.05) is 5.32 Å². The van der Waals surface area contributed by atoms with Crippen molar-refractivity contribution >= 4 is 23.3 Å². The summed E-state index contributed by atoms with van der Waals surface area (Å²) in [7, 11) is 0. The van der Waals surface area contributed by atoms with E-state index < -0.39 is 0 Å². The van der Waals surface area contributed by atoms with Crippen LogP contribution in [0.3, 0.4) is 0 Å². The van der Waals surface area contributed by atoms with E-state index in [2.05, 4.69) is 24.3 Å². The molecule has 0 saturated carbocycles. The molecule has 1 N–H and O–H groups in total. The van der Waals surface area contributed by atoms with E-state index in [1.165, 1.54) is 4.68 Å². The van der Waals surface area contributed by atoms with E-state index in [1.54, 1.807) is 24.4 Å². The van der Waals surface area contributed by atoms with Gasteiger partial charge in [-0.25, -0.2) is 4.79 Å². The predicted molar refractivity (Wildman–Crippen MR) is 107 cm³/mol. The average Bonchev–Trinajstić information content (AvgIpc) is 3.12. The maximum atomic E-state index is 12.5. The fourth-order valence-electron chi connectivity index (χ4n) is 3.13. The first-order chi connectivity index (χ1) is 12.9. The second kappa shape index (κ2) is 6.74. The van der Waals surface area contributed by atoms with Crippen molar-refractivity contribution in [2.45, 2.75) is 32.3 Å². The summed E-state index contributed by atoms with van der Waals surface area (Å²) in [6.45, 7) is 4.17. The van der Waals surface area contributed by atoms with Crippen molar-refractivity contribution in [3.05, 3.63) is 65.3 Å². The minimum absolute atomic E-state index is 0.148. The highest BCUT2D eigenvalue weighted by Gasteiger charge is 2.26. The van der Waals surface area contributed by atoms with Gasteiger partial charge in [0.1, 0.15) is 11.4 Å². The average molecular weight is 382 g/mol. The molecule has 138 valence electrons. The lowest BCUT2D eigenvalue weighted by molar-refractivity contribution is 0.0847. The predicted octanol–water partition coefficient (Wildman–Crippen LogP) is 5.39. The number of carbonyl (C=O) groups is 1. The van der Waals surface area contributed by atoms with E-state index in [9.17, 15) is 4.79 Å². The molecular formula is C21H20ClN3O2. The third kappa shape index (κ3) is 3.83. The molecule has 0 saturated heterocycles. The van der Waals surface area contributed by atoms with Gasteiger partial charge < -0.3 is 10.1 Å². The van der Waals surface area contributed by atoms with E-state index >= 15 is 0 Å². The molecule has 0 radical (unpaired) electrons. The molecule has 1 aliphatic heterocycles. The lowest BCUT2D eigenvalue weighted by Crippen LogP contribution is -2.32. The zero-order chi connectivity index (χ0) is 19.0. The first kappa shape index (κ1) is 17.6. The van der Waals surface area contributed by atoms with Gasteiger partial charge in [0, 0.05) is 22.5 Å². The topological polar surface area (TPSA) is 56.2 Å². The Morgan fingerprint density at radius 1 is 1.19 bits per heavy atom. The van der Waals surface area contributed by atoms with Crippen LogP contribution in [0, 0.1) is 0 Å². The molecule has 0 aliphatic carbocycles. The smallest absolute Gasteiger partial charge is 0.346 e. The molecule has 0 atom stereocenters. The number of aryl methyl sites for hydroxylation is 1. The molecular weight excluding hydrogens is 362 g/mol. The van der Waals surface area contributed by atoms with E-state index in [1.807, 2.05) is 30.3 Å². The Labute approximate surface area is 162 Å². The number of fused-ring (bicyclic) bond motifs is 1. The summed E-state index contributed by atoms with van der Waals surface area (Å²) < 4.78 is 7.28. The number of amides is 1. The van der Waals surface area contributed by atoms with Crippen molar-refractivity contribution in [1.29, 1.82) is 0 Å². The molecule has 0 bridgehead atoms. The van der Waals surface area contributed by atoms with E-state index in [-0.39, 0.29) is 11.6 Å². The summed E-state index contributed by atoms with van der Waals surface area (Å²) in [6, 6.07) is 14.6. The molecule has 1 aliphatic rings. The van der Waals surface area contributed by atoms with Crippen LogP contribution in [0.4, 0.5) is 10.5 Å². The second-order valence-corrected chi connectivity index (χ2v) is 7.70. The van der Waals surface area contributed by atoms with Gasteiger partial charge in [-0.2, -0.15) is 9.78 Å². The van der Waals surface area contributed by atoms with Crippen LogP contribution in [0.5, 0.6) is 5.75 Å². The molecule has 0 fully saturated rings. The molecule has 1 aromatic heterocycles. The van der Waals surface area contributed by atoms with Crippen LogP contribution in [0.15, 0.2) is 54.7 Å². The minimum atomic E-state index is -0.313. The summed E-state index contributed by atoms with van der Waals surface area (Å²) in [5.41, 5.74) is 3.30. The van der Waals surface area contributed by atoms with Gasteiger partial charge in [0.25, 0.3) is 0 Å². The van der Waals surface area contributed by atoms with E-state index in [4.69, 9.17) is 16.3 Å². The van der Waals surface area contributed by atoms with Crippen molar-refractivity contribution in [2.24, 2.45) is 0 Å². The monoisotopic (exact) mass is 381 g/mol. The maximum Gasteiger partial charge on any atom is 0.346 e. The summed E-state index contributed by atoms with van der Waals surface area (Å²) in [5, 5.41) is 7.90. The van der Waals surface area contributed by atoms with Gasteiger partial charge in [-0.3, -0.25) is 0 Å². The molecule has 2 heterocycles. The number of nitrogens with zero attached hydrogens (tertiary/aromatic N) is 2. The number of benzene rings is 2. The fourth-order valence-corrected chi connectivity index (χ4v) is 3.25. The number of nitrogens with one attached hydrogen (secondary N) is 1. The lowest BCUT2D eigenvalue weighted by atomic mass is 9.94. The Morgan fingerprint density at radius 3 is 2.74 bits per heavy atom. The van der Waals surface area contributed by atoms with E-state index in [0.29, 0.717) is 10.7 Å². The number of hydrogen-bond donors (Lipinski definition) is 1. The van der Waals surface area contributed by atoms with Gasteiger partial charge >= 0.3 is 6.03 Å². The highest BCUT2D eigenvalue weighted by atomic mass is 35.5.